The van der Waals surface area contributed by atoms with E-state index in [4.69, 9.17) is 21.4 Å². The molecule has 1 fully saturated rings. The summed E-state index contributed by atoms with van der Waals surface area (Å²) in [6.45, 7) is 1.91. The van der Waals surface area contributed by atoms with E-state index in [2.05, 4.69) is 9.97 Å². The van der Waals surface area contributed by atoms with Crippen molar-refractivity contribution in [1.82, 2.24) is 14.9 Å². The van der Waals surface area contributed by atoms with Crippen LogP contribution in [0.5, 0.6) is 0 Å². The zero-order valence-electron chi connectivity index (χ0n) is 18.4. The number of imidazole rings is 1. The lowest BCUT2D eigenvalue weighted by Gasteiger charge is -2.36. The van der Waals surface area contributed by atoms with E-state index < -0.39 is 44.7 Å². The van der Waals surface area contributed by atoms with Gasteiger partial charge in [0, 0.05) is 24.9 Å². The van der Waals surface area contributed by atoms with Crippen molar-refractivity contribution in [2.45, 2.75) is 48.2 Å². The van der Waals surface area contributed by atoms with Gasteiger partial charge in [-0.15, -0.1) is 0 Å². The Balaban J connectivity index is 0.000000540. The summed E-state index contributed by atoms with van der Waals surface area (Å²) in [6.07, 6.45) is -1.70. The number of carboxylic acid groups (broad SMARTS) is 1. The van der Waals surface area contributed by atoms with E-state index in [9.17, 15) is 31.2 Å². The molecule has 0 saturated carbocycles. The number of aryl methyl sites for hydroxylation is 1. The Labute approximate surface area is 198 Å². The summed E-state index contributed by atoms with van der Waals surface area (Å²) < 4.78 is 58.6. The molecule has 1 aromatic heterocycles. The van der Waals surface area contributed by atoms with Crippen molar-refractivity contribution in [1.29, 1.82) is 0 Å². The molecule has 11 nitrogen and oxygen atoms in total. The number of carboxylic acids is 1. The molecule has 6 N–H and O–H groups in total. The number of nitrogens with one attached hydrogen (secondary N) is 1. The van der Waals surface area contributed by atoms with Crippen molar-refractivity contribution >= 4 is 27.6 Å². The number of primary amides is 1. The summed E-state index contributed by atoms with van der Waals surface area (Å²) in [5, 5.41) is 7.12. The molecule has 1 aliphatic rings. The first-order valence-electron chi connectivity index (χ1n) is 10.1. The molecule has 0 unspecified atom stereocenters. The van der Waals surface area contributed by atoms with Crippen LogP contribution in [-0.2, 0) is 30.6 Å². The predicted octanol–water partition coefficient (Wildman–Crippen LogP) is 0.499. The lowest BCUT2D eigenvalue weighted by molar-refractivity contribution is -0.192. The van der Waals surface area contributed by atoms with Gasteiger partial charge in [0.1, 0.15) is 0 Å². The van der Waals surface area contributed by atoms with Crippen molar-refractivity contribution in [2.24, 2.45) is 11.5 Å². The number of aromatic amines is 1. The van der Waals surface area contributed by atoms with Crippen LogP contribution in [0.2, 0.25) is 0 Å². The standard InChI is InChI=1S/C18H23N5O4S.C2HF3O2/c1-12-3-5-14(6-4-12)28(26,27)18(17(20)25)7-2-8-23(18)16(24)15(19)9-13-10-21-11-22-13;3-2(4,5)1(6)7/h3-6,10-11,15H,2,7-9,19H2,1H3,(H2,20,25)(H,21,22);(H,6,7)/t15-,18+;/m0./s1. The van der Waals surface area contributed by atoms with Crippen molar-refractivity contribution < 1.29 is 41.1 Å². The predicted molar refractivity (Wildman–Crippen MR) is 115 cm³/mol. The number of H-pyrrole nitrogens is 1. The van der Waals surface area contributed by atoms with Crippen LogP contribution in [0.25, 0.3) is 0 Å². The first kappa shape index (κ1) is 27.8. The molecule has 3 rings (SSSR count). The highest BCUT2D eigenvalue weighted by Gasteiger charge is 2.59. The number of carbonyl (C=O) groups excluding carboxylic acids is 2. The van der Waals surface area contributed by atoms with Gasteiger partial charge >= 0.3 is 12.1 Å². The Hall–Kier alpha value is -3.46. The molecule has 2 atom stereocenters. The van der Waals surface area contributed by atoms with Crippen LogP contribution >= 0.6 is 0 Å². The lowest BCUT2D eigenvalue weighted by Crippen LogP contribution is -2.63. The highest BCUT2D eigenvalue weighted by molar-refractivity contribution is 7.93. The van der Waals surface area contributed by atoms with E-state index in [0.717, 1.165) is 10.5 Å². The number of nitrogens with zero attached hydrogens (tertiary/aromatic N) is 2. The molecule has 2 heterocycles. The van der Waals surface area contributed by atoms with Gasteiger partial charge in [-0.3, -0.25) is 9.59 Å². The van der Waals surface area contributed by atoms with Gasteiger partial charge in [-0.25, -0.2) is 18.2 Å². The van der Waals surface area contributed by atoms with Crippen LogP contribution in [0.3, 0.4) is 0 Å². The average molecular weight is 520 g/mol. The number of hydrogen-bond donors (Lipinski definition) is 4. The van der Waals surface area contributed by atoms with Gasteiger partial charge in [0.05, 0.1) is 17.3 Å². The molecule has 1 aromatic carbocycles. The van der Waals surface area contributed by atoms with Gasteiger partial charge in [-0.1, -0.05) is 17.7 Å². The van der Waals surface area contributed by atoms with E-state index in [0.29, 0.717) is 12.1 Å². The third kappa shape index (κ3) is 5.79. The molecule has 0 bridgehead atoms. The second kappa shape index (κ2) is 10.4. The largest absolute Gasteiger partial charge is 0.490 e. The molecule has 0 spiro atoms. The Morgan fingerprint density at radius 1 is 1.26 bits per heavy atom. The Bertz CT molecular complexity index is 1170. The third-order valence-electron chi connectivity index (χ3n) is 5.31. The van der Waals surface area contributed by atoms with Crippen molar-refractivity contribution in [3.8, 4) is 0 Å². The quantitative estimate of drug-likeness (QED) is 0.424. The summed E-state index contributed by atoms with van der Waals surface area (Å²) >= 11 is 0. The van der Waals surface area contributed by atoms with Gasteiger partial charge in [0.2, 0.25) is 20.6 Å². The van der Waals surface area contributed by atoms with Crippen LogP contribution in [0, 0.1) is 6.92 Å². The third-order valence-corrected chi connectivity index (χ3v) is 7.72. The molecule has 192 valence electrons. The van der Waals surface area contributed by atoms with E-state index in [1.54, 1.807) is 12.1 Å². The molecule has 0 aliphatic carbocycles. The second-order valence-electron chi connectivity index (χ2n) is 7.75. The number of sulfone groups is 1. The number of carbonyl (C=O) groups is 3. The maximum Gasteiger partial charge on any atom is 0.490 e. The fourth-order valence-corrected chi connectivity index (χ4v) is 5.62. The molecular weight excluding hydrogens is 495 g/mol. The molecule has 0 radical (unpaired) electrons. The van der Waals surface area contributed by atoms with Gasteiger partial charge in [-0.2, -0.15) is 13.2 Å². The summed E-state index contributed by atoms with van der Waals surface area (Å²) in [6, 6.07) is 5.06. The monoisotopic (exact) mass is 519 g/mol. The molecule has 2 amide bonds. The van der Waals surface area contributed by atoms with Crippen LogP contribution in [0.15, 0.2) is 41.7 Å². The summed E-state index contributed by atoms with van der Waals surface area (Å²) in [5.74, 6) is -4.47. The van der Waals surface area contributed by atoms with Crippen molar-refractivity contribution in [2.75, 3.05) is 6.54 Å². The summed E-state index contributed by atoms with van der Waals surface area (Å²) in [7, 11) is -4.25. The number of aromatic nitrogens is 2. The molecular formula is C20H24F3N5O6S. The Kier molecular flexibility index (Phi) is 8.28. The minimum atomic E-state index is -5.08. The van der Waals surface area contributed by atoms with Gasteiger partial charge in [-0.05, 0) is 31.9 Å². The van der Waals surface area contributed by atoms with Crippen LogP contribution in [0.1, 0.15) is 24.1 Å². The molecule has 35 heavy (non-hydrogen) atoms. The number of alkyl halides is 3. The fraction of sp³-hybridized carbons (Fsp3) is 0.400. The van der Waals surface area contributed by atoms with Gasteiger partial charge < -0.3 is 26.5 Å². The topological polar surface area (TPSA) is 190 Å². The molecule has 15 heteroatoms. The maximum absolute atomic E-state index is 13.4. The first-order chi connectivity index (χ1) is 16.1. The highest BCUT2D eigenvalue weighted by Crippen LogP contribution is 2.39. The van der Waals surface area contributed by atoms with E-state index in [1.165, 1.54) is 24.7 Å². The first-order valence-corrected chi connectivity index (χ1v) is 11.6. The number of nitrogens with two attached hydrogens (primary N) is 2. The zero-order chi connectivity index (χ0) is 26.6. The van der Waals surface area contributed by atoms with Gasteiger partial charge in [0.15, 0.2) is 0 Å². The Morgan fingerprint density at radius 3 is 2.29 bits per heavy atom. The number of amides is 2. The smallest absolute Gasteiger partial charge is 0.475 e. The zero-order valence-corrected chi connectivity index (χ0v) is 19.3. The van der Waals surface area contributed by atoms with Crippen LogP contribution < -0.4 is 11.5 Å². The SMILES string of the molecule is Cc1ccc(S(=O)(=O)[C@@]2(C(N)=O)CCCN2C(=O)[C@@H](N)Cc2cnc[nH]2)cc1.O=C(O)C(F)(F)F. The van der Waals surface area contributed by atoms with Crippen LogP contribution in [0.4, 0.5) is 13.2 Å². The number of benzene rings is 1. The minimum absolute atomic E-state index is 0.0567. The number of hydrogen-bond acceptors (Lipinski definition) is 7. The molecule has 1 saturated heterocycles. The fourth-order valence-electron chi connectivity index (χ4n) is 3.58. The number of rotatable bonds is 6. The minimum Gasteiger partial charge on any atom is -0.475 e. The summed E-state index contributed by atoms with van der Waals surface area (Å²) in [5.41, 5.74) is 13.1. The molecule has 2 aromatic rings. The van der Waals surface area contributed by atoms with Crippen molar-refractivity contribution in [3.63, 3.8) is 0 Å². The Morgan fingerprint density at radius 2 is 1.83 bits per heavy atom. The maximum atomic E-state index is 13.4. The lowest BCUT2D eigenvalue weighted by atomic mass is 10.1. The normalized spacial score (nSPS) is 18.9. The average Bonchev–Trinajstić information content (AvgIpc) is 3.44. The van der Waals surface area contributed by atoms with E-state index in [1.807, 2.05) is 6.92 Å². The van der Waals surface area contributed by atoms with Crippen LogP contribution in [-0.4, -0.2) is 69.8 Å². The number of halogens is 3. The van der Waals surface area contributed by atoms with Crippen molar-refractivity contribution in [3.05, 3.63) is 48.0 Å². The number of likely N-dealkylation sites (tertiary alicyclic amines) is 1. The number of aliphatic carboxylic acids is 1. The van der Waals surface area contributed by atoms with Gasteiger partial charge in [0.25, 0.3) is 5.91 Å². The van der Waals surface area contributed by atoms with E-state index in [-0.39, 0.29) is 24.3 Å². The highest BCUT2D eigenvalue weighted by atomic mass is 32.2. The summed E-state index contributed by atoms with van der Waals surface area (Å²) in [4.78, 5) is 39.9. The molecule has 1 aliphatic heterocycles. The van der Waals surface area contributed by atoms with E-state index >= 15 is 0 Å². The second-order valence-corrected chi connectivity index (χ2v) is 9.90.